The van der Waals surface area contributed by atoms with Gasteiger partial charge < -0.3 is 10.1 Å². The SMILES string of the molecule is O=C(NC[C@@H]1CCCO1)c1ccc(C#Cc2ccc(F)cc2)cc1. The number of nitrogens with one attached hydrogen (secondary N) is 1. The number of carbonyl (C=O) groups excluding carboxylic acids is 1. The lowest BCUT2D eigenvalue weighted by Gasteiger charge is -2.10. The third-order valence-corrected chi connectivity index (χ3v) is 3.86. The predicted octanol–water partition coefficient (Wildman–Crippen LogP) is 3.13. The molecule has 1 atom stereocenters. The fourth-order valence-electron chi connectivity index (χ4n) is 2.50. The molecule has 1 heterocycles. The molecule has 3 rings (SSSR count). The van der Waals surface area contributed by atoms with Crippen LogP contribution in [0.5, 0.6) is 0 Å². The van der Waals surface area contributed by atoms with E-state index in [0.717, 1.165) is 30.6 Å². The van der Waals surface area contributed by atoms with Crippen LogP contribution in [0.4, 0.5) is 4.39 Å². The molecule has 122 valence electrons. The molecule has 1 aliphatic rings. The molecule has 1 fully saturated rings. The van der Waals surface area contributed by atoms with Crippen LogP contribution in [0.1, 0.15) is 34.3 Å². The molecule has 0 spiro atoms. The number of hydrogen-bond acceptors (Lipinski definition) is 2. The maximum atomic E-state index is 12.8. The third kappa shape index (κ3) is 4.43. The van der Waals surface area contributed by atoms with Crippen LogP contribution in [0, 0.1) is 17.7 Å². The van der Waals surface area contributed by atoms with Gasteiger partial charge in [0.25, 0.3) is 5.91 Å². The minimum atomic E-state index is -0.279. The Morgan fingerprint density at radius 3 is 2.29 bits per heavy atom. The first kappa shape index (κ1) is 16.2. The van der Waals surface area contributed by atoms with Crippen molar-refractivity contribution < 1.29 is 13.9 Å². The summed E-state index contributed by atoms with van der Waals surface area (Å²) in [6.07, 6.45) is 2.19. The second-order valence-electron chi connectivity index (χ2n) is 5.68. The van der Waals surface area contributed by atoms with Crippen LogP contribution in [0.2, 0.25) is 0 Å². The van der Waals surface area contributed by atoms with Gasteiger partial charge in [-0.3, -0.25) is 4.79 Å². The normalized spacial score (nSPS) is 16.3. The summed E-state index contributed by atoms with van der Waals surface area (Å²) >= 11 is 0. The van der Waals surface area contributed by atoms with Crippen molar-refractivity contribution in [2.75, 3.05) is 13.2 Å². The second kappa shape index (κ2) is 7.76. The van der Waals surface area contributed by atoms with Crippen molar-refractivity contribution >= 4 is 5.91 Å². The molecule has 0 aliphatic carbocycles. The van der Waals surface area contributed by atoms with Crippen molar-refractivity contribution in [3.63, 3.8) is 0 Å². The Kier molecular flexibility index (Phi) is 5.25. The summed E-state index contributed by atoms with van der Waals surface area (Å²) in [7, 11) is 0. The van der Waals surface area contributed by atoms with Gasteiger partial charge in [-0.1, -0.05) is 11.8 Å². The highest BCUT2D eigenvalue weighted by atomic mass is 19.1. The summed E-state index contributed by atoms with van der Waals surface area (Å²) in [5.41, 5.74) is 2.14. The lowest BCUT2D eigenvalue weighted by atomic mass is 10.1. The van der Waals surface area contributed by atoms with E-state index in [4.69, 9.17) is 4.74 Å². The van der Waals surface area contributed by atoms with E-state index in [1.807, 2.05) is 0 Å². The number of carbonyl (C=O) groups is 1. The predicted molar refractivity (Wildman–Crippen MR) is 90.1 cm³/mol. The highest BCUT2D eigenvalue weighted by Gasteiger charge is 2.16. The first-order valence-electron chi connectivity index (χ1n) is 7.98. The van der Waals surface area contributed by atoms with Crippen LogP contribution in [0.3, 0.4) is 0 Å². The van der Waals surface area contributed by atoms with Crippen molar-refractivity contribution in [3.05, 3.63) is 71.0 Å². The van der Waals surface area contributed by atoms with Gasteiger partial charge in [-0.25, -0.2) is 4.39 Å². The van der Waals surface area contributed by atoms with Gasteiger partial charge in [-0.05, 0) is 61.4 Å². The van der Waals surface area contributed by atoms with Gasteiger partial charge >= 0.3 is 0 Å². The van der Waals surface area contributed by atoms with E-state index in [9.17, 15) is 9.18 Å². The molecule has 1 aliphatic heterocycles. The van der Waals surface area contributed by atoms with Gasteiger partial charge in [0.1, 0.15) is 5.82 Å². The van der Waals surface area contributed by atoms with E-state index < -0.39 is 0 Å². The first-order chi connectivity index (χ1) is 11.7. The molecule has 1 amide bonds. The monoisotopic (exact) mass is 323 g/mol. The lowest BCUT2D eigenvalue weighted by molar-refractivity contribution is 0.0858. The Morgan fingerprint density at radius 1 is 1.08 bits per heavy atom. The number of ether oxygens (including phenoxy) is 1. The molecule has 24 heavy (non-hydrogen) atoms. The summed E-state index contributed by atoms with van der Waals surface area (Å²) in [6, 6.07) is 13.1. The van der Waals surface area contributed by atoms with E-state index in [2.05, 4.69) is 17.2 Å². The number of amides is 1. The van der Waals surface area contributed by atoms with Crippen molar-refractivity contribution in [1.29, 1.82) is 0 Å². The van der Waals surface area contributed by atoms with Crippen LogP contribution < -0.4 is 5.32 Å². The van der Waals surface area contributed by atoms with Gasteiger partial charge in [0.05, 0.1) is 6.10 Å². The average molecular weight is 323 g/mol. The molecular weight excluding hydrogens is 305 g/mol. The standard InChI is InChI=1S/C20H18FNO2/c21-18-11-7-16(8-12-18)4-3-15-5-9-17(10-6-15)20(23)22-14-19-2-1-13-24-19/h5-12,19H,1-2,13-14H2,(H,22,23)/t19-/m0/s1. The molecule has 2 aromatic carbocycles. The molecule has 0 aromatic heterocycles. The van der Waals surface area contributed by atoms with Crippen molar-refractivity contribution in [2.45, 2.75) is 18.9 Å². The van der Waals surface area contributed by atoms with E-state index >= 15 is 0 Å². The fourth-order valence-corrected chi connectivity index (χ4v) is 2.50. The number of halogens is 1. The molecule has 4 heteroatoms. The van der Waals surface area contributed by atoms with Crippen molar-refractivity contribution in [2.24, 2.45) is 0 Å². The Morgan fingerprint density at radius 2 is 1.71 bits per heavy atom. The molecule has 1 saturated heterocycles. The Hall–Kier alpha value is -2.64. The largest absolute Gasteiger partial charge is 0.376 e. The quantitative estimate of drug-likeness (QED) is 0.881. The first-order valence-corrected chi connectivity index (χ1v) is 7.98. The lowest BCUT2D eigenvalue weighted by Crippen LogP contribution is -2.31. The minimum absolute atomic E-state index is 0.108. The molecule has 0 radical (unpaired) electrons. The number of benzene rings is 2. The summed E-state index contributed by atoms with van der Waals surface area (Å²) in [5, 5.41) is 2.89. The van der Waals surface area contributed by atoms with E-state index in [1.54, 1.807) is 36.4 Å². The summed E-state index contributed by atoms with van der Waals surface area (Å²) in [6.45, 7) is 1.33. The molecule has 0 unspecified atom stereocenters. The van der Waals surface area contributed by atoms with Crippen molar-refractivity contribution in [3.8, 4) is 11.8 Å². The highest BCUT2D eigenvalue weighted by Crippen LogP contribution is 2.11. The van der Waals surface area contributed by atoms with E-state index in [0.29, 0.717) is 12.1 Å². The third-order valence-electron chi connectivity index (χ3n) is 3.86. The zero-order valence-corrected chi connectivity index (χ0v) is 13.2. The van der Waals surface area contributed by atoms with Crippen LogP contribution >= 0.6 is 0 Å². The Labute approximate surface area is 140 Å². The van der Waals surface area contributed by atoms with Crippen molar-refractivity contribution in [1.82, 2.24) is 5.32 Å². The van der Waals surface area contributed by atoms with Gasteiger partial charge in [0.15, 0.2) is 0 Å². The molecule has 0 saturated carbocycles. The maximum absolute atomic E-state index is 12.8. The van der Waals surface area contributed by atoms with Crippen LogP contribution in [-0.2, 0) is 4.74 Å². The van der Waals surface area contributed by atoms with Gasteiger partial charge in [-0.2, -0.15) is 0 Å². The number of hydrogen-bond donors (Lipinski definition) is 1. The average Bonchev–Trinajstić information content (AvgIpc) is 3.13. The Bertz CT molecular complexity index is 751. The summed E-state index contributed by atoms with van der Waals surface area (Å²) in [5.74, 6) is 5.58. The second-order valence-corrected chi connectivity index (χ2v) is 5.68. The van der Waals surface area contributed by atoms with Crippen LogP contribution in [0.15, 0.2) is 48.5 Å². The molecule has 0 bridgehead atoms. The number of rotatable bonds is 3. The zero-order valence-electron chi connectivity index (χ0n) is 13.2. The molecule has 1 N–H and O–H groups in total. The molecule has 2 aromatic rings. The van der Waals surface area contributed by atoms with Gasteiger partial charge in [0, 0.05) is 29.8 Å². The Balaban J connectivity index is 1.58. The molecular formula is C20H18FNO2. The van der Waals surface area contributed by atoms with Crippen LogP contribution in [-0.4, -0.2) is 25.2 Å². The minimum Gasteiger partial charge on any atom is -0.376 e. The fraction of sp³-hybridized carbons (Fsp3) is 0.250. The van der Waals surface area contributed by atoms with E-state index in [1.165, 1.54) is 12.1 Å². The zero-order chi connectivity index (χ0) is 16.8. The topological polar surface area (TPSA) is 38.3 Å². The summed E-state index contributed by atoms with van der Waals surface area (Å²) < 4.78 is 18.3. The van der Waals surface area contributed by atoms with Gasteiger partial charge in [0.2, 0.25) is 0 Å². The van der Waals surface area contributed by atoms with Gasteiger partial charge in [-0.15, -0.1) is 0 Å². The van der Waals surface area contributed by atoms with Crippen LogP contribution in [0.25, 0.3) is 0 Å². The maximum Gasteiger partial charge on any atom is 0.251 e. The highest BCUT2D eigenvalue weighted by molar-refractivity contribution is 5.94. The molecule has 3 nitrogen and oxygen atoms in total. The summed E-state index contributed by atoms with van der Waals surface area (Å²) in [4.78, 5) is 12.1. The van der Waals surface area contributed by atoms with E-state index in [-0.39, 0.29) is 17.8 Å². The smallest absolute Gasteiger partial charge is 0.251 e.